The van der Waals surface area contributed by atoms with E-state index in [0.29, 0.717) is 22.0 Å². The number of aromatic carboxylic acids is 1. The highest BCUT2D eigenvalue weighted by Crippen LogP contribution is 2.18. The normalized spacial score (nSPS) is 10.8. The zero-order valence-corrected chi connectivity index (χ0v) is 17.0. The molecule has 0 fully saturated rings. The molecule has 0 saturated heterocycles. The lowest BCUT2D eigenvalue weighted by atomic mass is 10.1. The van der Waals surface area contributed by atoms with Gasteiger partial charge in [-0.3, -0.25) is 4.79 Å². The molecule has 0 saturated carbocycles. The Morgan fingerprint density at radius 2 is 1.65 bits per heavy atom. The third-order valence-electron chi connectivity index (χ3n) is 4.26. The number of hydrogen-bond donors (Lipinski definition) is 2. The van der Waals surface area contributed by atoms with Crippen molar-refractivity contribution >= 4 is 35.2 Å². The van der Waals surface area contributed by atoms with Crippen LogP contribution < -0.4 is 10.1 Å². The molecule has 3 rings (SSSR count). The zero-order chi connectivity index (χ0) is 22.2. The van der Waals surface area contributed by atoms with Gasteiger partial charge in [-0.15, -0.1) is 0 Å². The van der Waals surface area contributed by atoms with Crippen molar-refractivity contribution in [2.45, 2.75) is 6.61 Å². The maximum absolute atomic E-state index is 12.3. The minimum atomic E-state index is -0.977. The van der Waals surface area contributed by atoms with Gasteiger partial charge in [0.2, 0.25) is 0 Å². The molecule has 0 aliphatic rings. The van der Waals surface area contributed by atoms with Gasteiger partial charge in [0.1, 0.15) is 24.0 Å². The Bertz CT molecular complexity index is 1150. The van der Waals surface area contributed by atoms with Crippen LogP contribution in [-0.2, 0) is 11.4 Å². The summed E-state index contributed by atoms with van der Waals surface area (Å²) in [4.78, 5) is 23.2. The molecule has 0 aromatic heterocycles. The standard InChI is InChI=1S/C24H17ClN2O4/c25-20-7-9-21(10-8-20)27-23(28)19(14-26)13-16-3-11-22(12-4-16)31-15-17-1-5-18(6-2-17)24(29)30/h1-13H,15H2,(H,27,28)(H,29,30). The summed E-state index contributed by atoms with van der Waals surface area (Å²) < 4.78 is 5.69. The SMILES string of the molecule is N#CC(=Cc1ccc(OCc2ccc(C(=O)O)cc2)cc1)C(=O)Nc1ccc(Cl)cc1. The summed E-state index contributed by atoms with van der Waals surface area (Å²) in [5.74, 6) is -0.895. The average molecular weight is 433 g/mol. The summed E-state index contributed by atoms with van der Waals surface area (Å²) in [5.41, 5.74) is 2.21. The molecule has 0 spiro atoms. The molecular weight excluding hydrogens is 416 g/mol. The number of halogens is 1. The second kappa shape index (κ2) is 10.1. The molecule has 0 radical (unpaired) electrons. The highest BCUT2D eigenvalue weighted by atomic mass is 35.5. The van der Waals surface area contributed by atoms with Crippen molar-refractivity contribution in [1.82, 2.24) is 0 Å². The maximum Gasteiger partial charge on any atom is 0.335 e. The summed E-state index contributed by atoms with van der Waals surface area (Å²) in [6.45, 7) is 0.280. The van der Waals surface area contributed by atoms with E-state index in [-0.39, 0.29) is 17.7 Å². The van der Waals surface area contributed by atoms with E-state index >= 15 is 0 Å². The number of nitriles is 1. The van der Waals surface area contributed by atoms with Crippen molar-refractivity contribution in [2.75, 3.05) is 5.32 Å². The summed E-state index contributed by atoms with van der Waals surface area (Å²) in [5, 5.41) is 21.5. The van der Waals surface area contributed by atoms with E-state index in [2.05, 4.69) is 5.32 Å². The van der Waals surface area contributed by atoms with Gasteiger partial charge in [0.05, 0.1) is 5.56 Å². The lowest BCUT2D eigenvalue weighted by Crippen LogP contribution is -2.13. The minimum absolute atomic E-state index is 0.0397. The Morgan fingerprint density at radius 1 is 1.00 bits per heavy atom. The highest BCUT2D eigenvalue weighted by Gasteiger charge is 2.10. The molecule has 6 nitrogen and oxygen atoms in total. The number of nitrogens with zero attached hydrogens (tertiary/aromatic N) is 1. The monoisotopic (exact) mass is 432 g/mol. The molecule has 7 heteroatoms. The van der Waals surface area contributed by atoms with Crippen LogP contribution in [-0.4, -0.2) is 17.0 Å². The second-order valence-electron chi connectivity index (χ2n) is 6.49. The number of carbonyl (C=O) groups excluding carboxylic acids is 1. The largest absolute Gasteiger partial charge is 0.489 e. The number of hydrogen-bond acceptors (Lipinski definition) is 4. The maximum atomic E-state index is 12.3. The second-order valence-corrected chi connectivity index (χ2v) is 6.93. The molecule has 0 unspecified atom stereocenters. The smallest absolute Gasteiger partial charge is 0.335 e. The van der Waals surface area contributed by atoms with Crippen LogP contribution in [0.15, 0.2) is 78.4 Å². The first-order chi connectivity index (χ1) is 14.9. The van der Waals surface area contributed by atoms with E-state index in [1.54, 1.807) is 60.7 Å². The van der Waals surface area contributed by atoms with Crippen molar-refractivity contribution in [1.29, 1.82) is 5.26 Å². The molecule has 0 atom stereocenters. The first kappa shape index (κ1) is 21.6. The van der Waals surface area contributed by atoms with Gasteiger partial charge in [-0.05, 0) is 65.7 Å². The van der Waals surface area contributed by atoms with Gasteiger partial charge in [0.15, 0.2) is 0 Å². The lowest BCUT2D eigenvalue weighted by molar-refractivity contribution is -0.112. The van der Waals surface area contributed by atoms with Crippen LogP contribution >= 0.6 is 11.6 Å². The van der Waals surface area contributed by atoms with Crippen molar-refractivity contribution in [3.05, 3.63) is 100 Å². The van der Waals surface area contributed by atoms with Crippen LogP contribution in [0, 0.1) is 11.3 Å². The Morgan fingerprint density at radius 3 is 2.23 bits per heavy atom. The summed E-state index contributed by atoms with van der Waals surface area (Å²) >= 11 is 5.82. The Labute approximate surface area is 184 Å². The number of rotatable bonds is 7. The lowest BCUT2D eigenvalue weighted by Gasteiger charge is -2.07. The molecule has 0 bridgehead atoms. The van der Waals surface area contributed by atoms with Crippen molar-refractivity contribution in [2.24, 2.45) is 0 Å². The van der Waals surface area contributed by atoms with Crippen LogP contribution in [0.4, 0.5) is 5.69 Å². The van der Waals surface area contributed by atoms with Gasteiger partial charge < -0.3 is 15.2 Å². The topological polar surface area (TPSA) is 99.4 Å². The van der Waals surface area contributed by atoms with Crippen LogP contribution in [0.25, 0.3) is 6.08 Å². The predicted octanol–water partition coefficient (Wildman–Crippen LogP) is 5.16. The molecular formula is C24H17ClN2O4. The van der Waals surface area contributed by atoms with Crippen LogP contribution in [0.2, 0.25) is 5.02 Å². The molecule has 0 aliphatic heterocycles. The van der Waals surface area contributed by atoms with Gasteiger partial charge in [-0.1, -0.05) is 35.9 Å². The highest BCUT2D eigenvalue weighted by molar-refractivity contribution is 6.30. The van der Waals surface area contributed by atoms with E-state index in [4.69, 9.17) is 21.4 Å². The van der Waals surface area contributed by atoms with Crippen LogP contribution in [0.3, 0.4) is 0 Å². The van der Waals surface area contributed by atoms with Crippen LogP contribution in [0.1, 0.15) is 21.5 Å². The van der Waals surface area contributed by atoms with E-state index < -0.39 is 11.9 Å². The minimum Gasteiger partial charge on any atom is -0.489 e. The number of nitrogens with one attached hydrogen (secondary N) is 1. The fraction of sp³-hybridized carbons (Fsp3) is 0.0417. The van der Waals surface area contributed by atoms with Crippen molar-refractivity contribution < 1.29 is 19.4 Å². The molecule has 154 valence electrons. The number of amides is 1. The number of ether oxygens (including phenoxy) is 1. The molecule has 3 aromatic carbocycles. The predicted molar refractivity (Wildman–Crippen MR) is 118 cm³/mol. The third kappa shape index (κ3) is 6.20. The summed E-state index contributed by atoms with van der Waals surface area (Å²) in [6, 6.07) is 21.8. The first-order valence-electron chi connectivity index (χ1n) is 9.18. The Balaban J connectivity index is 1.61. The fourth-order valence-corrected chi connectivity index (χ4v) is 2.74. The number of carboxylic acids is 1. The van der Waals surface area contributed by atoms with Crippen molar-refractivity contribution in [3.63, 3.8) is 0 Å². The van der Waals surface area contributed by atoms with E-state index in [1.807, 2.05) is 6.07 Å². The molecule has 31 heavy (non-hydrogen) atoms. The summed E-state index contributed by atoms with van der Waals surface area (Å²) in [7, 11) is 0. The molecule has 1 amide bonds. The Kier molecular flexibility index (Phi) is 7.05. The van der Waals surface area contributed by atoms with E-state index in [9.17, 15) is 14.9 Å². The molecule has 2 N–H and O–H groups in total. The van der Waals surface area contributed by atoms with Crippen LogP contribution in [0.5, 0.6) is 5.75 Å². The van der Waals surface area contributed by atoms with E-state index in [1.165, 1.54) is 18.2 Å². The first-order valence-corrected chi connectivity index (χ1v) is 9.56. The third-order valence-corrected chi connectivity index (χ3v) is 4.52. The number of anilines is 1. The van der Waals surface area contributed by atoms with Gasteiger partial charge in [0.25, 0.3) is 5.91 Å². The van der Waals surface area contributed by atoms with Gasteiger partial charge in [0, 0.05) is 10.7 Å². The van der Waals surface area contributed by atoms with Crippen molar-refractivity contribution in [3.8, 4) is 11.8 Å². The number of carboxylic acid groups (broad SMARTS) is 1. The van der Waals surface area contributed by atoms with E-state index in [0.717, 1.165) is 5.56 Å². The summed E-state index contributed by atoms with van der Waals surface area (Å²) in [6.07, 6.45) is 1.49. The Hall–Kier alpha value is -4.08. The van der Waals surface area contributed by atoms with Gasteiger partial charge >= 0.3 is 5.97 Å². The fourth-order valence-electron chi connectivity index (χ4n) is 2.62. The van der Waals surface area contributed by atoms with Gasteiger partial charge in [-0.25, -0.2) is 4.79 Å². The quantitative estimate of drug-likeness (QED) is 0.396. The molecule has 0 heterocycles. The average Bonchev–Trinajstić information content (AvgIpc) is 2.78. The van der Waals surface area contributed by atoms with Gasteiger partial charge in [-0.2, -0.15) is 5.26 Å². The number of benzene rings is 3. The molecule has 3 aromatic rings. The number of carbonyl (C=O) groups is 2. The zero-order valence-electron chi connectivity index (χ0n) is 16.2. The molecule has 0 aliphatic carbocycles.